The van der Waals surface area contributed by atoms with E-state index in [1.165, 1.54) is 19.6 Å². The average molecular weight is 266 g/mol. The van der Waals surface area contributed by atoms with E-state index >= 15 is 0 Å². The van der Waals surface area contributed by atoms with E-state index in [-0.39, 0.29) is 17.5 Å². The number of nitro benzene ring substituents is 1. The van der Waals surface area contributed by atoms with Gasteiger partial charge in [-0.15, -0.1) is 0 Å². The lowest BCUT2D eigenvalue weighted by atomic mass is 10.1. The molecular weight excluding hydrogens is 248 g/mol. The Hall–Kier alpha value is -1.82. The summed E-state index contributed by atoms with van der Waals surface area (Å²) < 4.78 is 10.6. The van der Waals surface area contributed by atoms with Crippen LogP contribution in [-0.2, 0) is 4.74 Å². The Balaban J connectivity index is 1.98. The number of anilines is 1. The molecule has 1 atom stereocenters. The molecule has 19 heavy (non-hydrogen) atoms. The Bertz CT molecular complexity index is 444. The van der Waals surface area contributed by atoms with Crippen molar-refractivity contribution in [3.8, 4) is 5.75 Å². The second-order valence-electron chi connectivity index (χ2n) is 4.51. The van der Waals surface area contributed by atoms with Gasteiger partial charge in [-0.2, -0.15) is 0 Å². The van der Waals surface area contributed by atoms with Crippen molar-refractivity contribution in [2.75, 3.05) is 25.6 Å². The minimum atomic E-state index is -0.452. The molecule has 6 nitrogen and oxygen atoms in total. The fourth-order valence-electron chi connectivity index (χ4n) is 2.14. The van der Waals surface area contributed by atoms with Gasteiger partial charge in [-0.1, -0.05) is 0 Å². The Morgan fingerprint density at radius 1 is 1.53 bits per heavy atom. The standard InChI is InChI=1S/C13H18N2O4/c1-18-13-8-10(5-6-12(13)15(16)17)14-9-11-4-2-3-7-19-11/h5-6,8,11,14H,2-4,7,9H2,1H3. The van der Waals surface area contributed by atoms with Crippen molar-refractivity contribution in [2.45, 2.75) is 25.4 Å². The number of hydrogen-bond donors (Lipinski definition) is 1. The van der Waals surface area contributed by atoms with Crippen molar-refractivity contribution in [3.63, 3.8) is 0 Å². The fraction of sp³-hybridized carbons (Fsp3) is 0.538. The Morgan fingerprint density at radius 3 is 3.00 bits per heavy atom. The van der Waals surface area contributed by atoms with Crippen molar-refractivity contribution in [3.05, 3.63) is 28.3 Å². The van der Waals surface area contributed by atoms with E-state index < -0.39 is 4.92 Å². The van der Waals surface area contributed by atoms with Gasteiger partial charge in [-0.25, -0.2) is 0 Å². The highest BCUT2D eigenvalue weighted by molar-refractivity contribution is 5.57. The summed E-state index contributed by atoms with van der Waals surface area (Å²) in [5.41, 5.74) is 0.776. The first-order valence-corrected chi connectivity index (χ1v) is 6.38. The van der Waals surface area contributed by atoms with Gasteiger partial charge >= 0.3 is 5.69 Å². The number of hydrogen-bond acceptors (Lipinski definition) is 5. The number of rotatable bonds is 5. The van der Waals surface area contributed by atoms with Crippen LogP contribution in [0, 0.1) is 10.1 Å². The Kier molecular flexibility index (Phi) is 4.57. The zero-order valence-corrected chi connectivity index (χ0v) is 10.9. The first-order chi connectivity index (χ1) is 9.20. The number of ether oxygens (including phenoxy) is 2. The molecular formula is C13H18N2O4. The van der Waals surface area contributed by atoms with Crippen molar-refractivity contribution in [1.29, 1.82) is 0 Å². The van der Waals surface area contributed by atoms with Crippen LogP contribution in [0.5, 0.6) is 5.75 Å². The molecule has 0 aromatic heterocycles. The third-order valence-electron chi connectivity index (χ3n) is 3.18. The molecule has 1 saturated heterocycles. The van der Waals surface area contributed by atoms with Gasteiger partial charge in [0.1, 0.15) is 0 Å². The van der Waals surface area contributed by atoms with Crippen LogP contribution in [-0.4, -0.2) is 31.3 Å². The van der Waals surface area contributed by atoms with Gasteiger partial charge in [0.25, 0.3) is 0 Å². The molecule has 0 saturated carbocycles. The SMILES string of the molecule is COc1cc(NCC2CCCCO2)ccc1[N+](=O)[O-]. The van der Waals surface area contributed by atoms with E-state index in [9.17, 15) is 10.1 Å². The summed E-state index contributed by atoms with van der Waals surface area (Å²) in [6.07, 6.45) is 3.59. The quantitative estimate of drug-likeness (QED) is 0.655. The third-order valence-corrected chi connectivity index (χ3v) is 3.18. The van der Waals surface area contributed by atoms with Crippen LogP contribution in [0.1, 0.15) is 19.3 Å². The molecule has 0 spiro atoms. The largest absolute Gasteiger partial charge is 0.490 e. The fourth-order valence-corrected chi connectivity index (χ4v) is 2.14. The molecule has 6 heteroatoms. The van der Waals surface area contributed by atoms with Gasteiger partial charge in [-0.3, -0.25) is 10.1 Å². The summed E-state index contributed by atoms with van der Waals surface area (Å²) in [6, 6.07) is 4.77. The summed E-state index contributed by atoms with van der Waals surface area (Å²) in [7, 11) is 1.43. The minimum absolute atomic E-state index is 0.0260. The van der Waals surface area contributed by atoms with E-state index in [2.05, 4.69) is 5.32 Å². The highest BCUT2D eigenvalue weighted by Gasteiger charge is 2.16. The van der Waals surface area contributed by atoms with Crippen LogP contribution < -0.4 is 10.1 Å². The molecule has 0 bridgehead atoms. The minimum Gasteiger partial charge on any atom is -0.490 e. The number of benzene rings is 1. The van der Waals surface area contributed by atoms with Crippen LogP contribution in [0.4, 0.5) is 11.4 Å². The first-order valence-electron chi connectivity index (χ1n) is 6.38. The number of methoxy groups -OCH3 is 1. The molecule has 0 amide bonds. The van der Waals surface area contributed by atoms with Gasteiger partial charge in [-0.05, 0) is 25.3 Å². The second kappa shape index (κ2) is 6.38. The molecule has 1 heterocycles. The molecule has 1 fully saturated rings. The lowest BCUT2D eigenvalue weighted by molar-refractivity contribution is -0.385. The lowest BCUT2D eigenvalue weighted by Crippen LogP contribution is -2.26. The van der Waals surface area contributed by atoms with Gasteiger partial charge in [0.05, 0.1) is 18.1 Å². The molecule has 1 N–H and O–H groups in total. The highest BCUT2D eigenvalue weighted by Crippen LogP contribution is 2.29. The maximum absolute atomic E-state index is 10.8. The number of nitrogens with zero attached hydrogens (tertiary/aromatic N) is 1. The molecule has 1 aromatic carbocycles. The Labute approximate surface area is 111 Å². The lowest BCUT2D eigenvalue weighted by Gasteiger charge is -2.23. The average Bonchev–Trinajstić information content (AvgIpc) is 2.45. The van der Waals surface area contributed by atoms with Crippen molar-refractivity contribution in [2.24, 2.45) is 0 Å². The van der Waals surface area contributed by atoms with Crippen molar-refractivity contribution in [1.82, 2.24) is 0 Å². The van der Waals surface area contributed by atoms with Gasteiger partial charge in [0.15, 0.2) is 5.75 Å². The summed E-state index contributed by atoms with van der Waals surface area (Å²) in [5.74, 6) is 0.263. The van der Waals surface area contributed by atoms with Crippen LogP contribution in [0.15, 0.2) is 18.2 Å². The molecule has 1 aromatic rings. The van der Waals surface area contributed by atoms with E-state index in [0.29, 0.717) is 6.54 Å². The summed E-state index contributed by atoms with van der Waals surface area (Å²) >= 11 is 0. The maximum Gasteiger partial charge on any atom is 0.311 e. The predicted octanol–water partition coefficient (Wildman–Crippen LogP) is 2.58. The number of nitro groups is 1. The van der Waals surface area contributed by atoms with Crippen LogP contribution in [0.3, 0.4) is 0 Å². The third kappa shape index (κ3) is 3.57. The molecule has 104 valence electrons. The van der Waals surface area contributed by atoms with Gasteiger partial charge < -0.3 is 14.8 Å². The highest BCUT2D eigenvalue weighted by atomic mass is 16.6. The maximum atomic E-state index is 10.8. The van der Waals surface area contributed by atoms with Crippen LogP contribution >= 0.6 is 0 Å². The zero-order chi connectivity index (χ0) is 13.7. The van der Waals surface area contributed by atoms with Crippen LogP contribution in [0.25, 0.3) is 0 Å². The number of nitrogens with one attached hydrogen (secondary N) is 1. The molecule has 1 unspecified atom stereocenters. The van der Waals surface area contributed by atoms with Gasteiger partial charge in [0, 0.05) is 31.0 Å². The summed E-state index contributed by atoms with van der Waals surface area (Å²) in [4.78, 5) is 10.3. The van der Waals surface area contributed by atoms with Crippen LogP contribution in [0.2, 0.25) is 0 Å². The van der Waals surface area contributed by atoms with E-state index in [1.807, 2.05) is 0 Å². The smallest absolute Gasteiger partial charge is 0.311 e. The summed E-state index contributed by atoms with van der Waals surface area (Å²) in [5, 5.41) is 14.0. The zero-order valence-electron chi connectivity index (χ0n) is 10.9. The first kappa shape index (κ1) is 13.6. The monoisotopic (exact) mass is 266 g/mol. The second-order valence-corrected chi connectivity index (χ2v) is 4.51. The Morgan fingerprint density at radius 2 is 2.37 bits per heavy atom. The summed E-state index contributed by atoms with van der Waals surface area (Å²) in [6.45, 7) is 1.52. The van der Waals surface area contributed by atoms with Crippen molar-refractivity contribution < 1.29 is 14.4 Å². The van der Waals surface area contributed by atoms with Gasteiger partial charge in [0.2, 0.25) is 0 Å². The predicted molar refractivity (Wildman–Crippen MR) is 71.7 cm³/mol. The normalized spacial score (nSPS) is 18.9. The molecule has 0 radical (unpaired) electrons. The van der Waals surface area contributed by atoms with E-state index in [1.54, 1.807) is 12.1 Å². The molecule has 2 rings (SSSR count). The molecule has 1 aliphatic heterocycles. The molecule has 0 aliphatic carbocycles. The molecule has 1 aliphatic rings. The van der Waals surface area contributed by atoms with E-state index in [4.69, 9.17) is 9.47 Å². The topological polar surface area (TPSA) is 73.6 Å². The van der Waals surface area contributed by atoms with E-state index in [0.717, 1.165) is 25.1 Å². The van der Waals surface area contributed by atoms with Crippen molar-refractivity contribution >= 4 is 11.4 Å².